The number of hydrogen-bond donors (Lipinski definition) is 1. The van der Waals surface area contributed by atoms with Crippen LogP contribution in [0.25, 0.3) is 0 Å². The molecule has 0 atom stereocenters. The lowest BCUT2D eigenvalue weighted by Crippen LogP contribution is -2.38. The lowest BCUT2D eigenvalue weighted by Gasteiger charge is -2.22. The molecule has 1 aromatic carbocycles. The summed E-state index contributed by atoms with van der Waals surface area (Å²) in [7, 11) is 3.70. The van der Waals surface area contributed by atoms with Crippen LogP contribution in [0.1, 0.15) is 37.6 Å². The third-order valence-electron chi connectivity index (χ3n) is 5.10. The van der Waals surface area contributed by atoms with Crippen LogP contribution in [0.15, 0.2) is 34.1 Å². The van der Waals surface area contributed by atoms with Gasteiger partial charge in [0.2, 0.25) is 0 Å². The maximum absolute atomic E-state index is 12.4. The fourth-order valence-corrected chi connectivity index (χ4v) is 3.55. The van der Waals surface area contributed by atoms with E-state index in [2.05, 4.69) is 34.4 Å². The second-order valence-corrected chi connectivity index (χ2v) is 7.32. The van der Waals surface area contributed by atoms with Gasteiger partial charge in [-0.15, -0.1) is 24.0 Å². The molecule has 0 bridgehead atoms. The van der Waals surface area contributed by atoms with Crippen LogP contribution >= 0.6 is 24.0 Å². The van der Waals surface area contributed by atoms with E-state index >= 15 is 0 Å². The number of nitrogens with zero attached hydrogens (tertiary/aromatic N) is 5. The van der Waals surface area contributed by atoms with Gasteiger partial charge in [0.05, 0.1) is 7.11 Å². The molecule has 0 radical (unpaired) electrons. The van der Waals surface area contributed by atoms with Crippen LogP contribution < -0.4 is 15.7 Å². The summed E-state index contributed by atoms with van der Waals surface area (Å²) in [6, 6.07) is 8.06. The minimum absolute atomic E-state index is 0. The summed E-state index contributed by atoms with van der Waals surface area (Å²) in [5.74, 6) is 2.64. The van der Waals surface area contributed by atoms with Crippen molar-refractivity contribution in [1.29, 1.82) is 0 Å². The molecule has 2 heterocycles. The number of aliphatic imine (C=N–C) groups is 1. The van der Waals surface area contributed by atoms with Crippen LogP contribution in [0.5, 0.6) is 5.75 Å². The van der Waals surface area contributed by atoms with Crippen molar-refractivity contribution >= 4 is 29.9 Å². The highest BCUT2D eigenvalue weighted by atomic mass is 127. The Balaban J connectivity index is 0.00000320. The Hall–Kier alpha value is -2.04. The van der Waals surface area contributed by atoms with Crippen molar-refractivity contribution in [3.8, 4) is 5.75 Å². The number of methoxy groups -OCH3 is 1. The molecule has 2 aromatic rings. The first-order valence-electron chi connectivity index (χ1n) is 10.4. The summed E-state index contributed by atoms with van der Waals surface area (Å²) in [6.07, 6.45) is 3.87. The van der Waals surface area contributed by atoms with Crippen LogP contribution in [-0.4, -0.2) is 52.5 Å². The summed E-state index contributed by atoms with van der Waals surface area (Å²) in [4.78, 5) is 19.2. The number of aryl methyl sites for hydroxylation is 2. The van der Waals surface area contributed by atoms with Gasteiger partial charge in [-0.3, -0.25) is 9.56 Å². The topological polar surface area (TPSA) is 76.7 Å². The highest BCUT2D eigenvalue weighted by Gasteiger charge is 2.16. The number of hydrogen-bond acceptors (Lipinski definition) is 4. The Kier molecular flexibility index (Phi) is 9.67. The Labute approximate surface area is 195 Å². The molecule has 8 nitrogen and oxygen atoms in total. The number of ether oxygens (including phenoxy) is 1. The van der Waals surface area contributed by atoms with E-state index in [4.69, 9.17) is 9.73 Å². The van der Waals surface area contributed by atoms with Gasteiger partial charge >= 0.3 is 5.69 Å². The van der Waals surface area contributed by atoms with E-state index in [0.717, 1.165) is 62.9 Å². The Morgan fingerprint density at radius 3 is 2.73 bits per heavy atom. The molecular formula is C21H33IN6O2. The maximum atomic E-state index is 12.4. The number of guanidine groups is 1. The molecule has 0 saturated heterocycles. The van der Waals surface area contributed by atoms with Gasteiger partial charge in [-0.05, 0) is 43.9 Å². The van der Waals surface area contributed by atoms with Crippen molar-refractivity contribution in [2.24, 2.45) is 4.99 Å². The molecule has 0 amide bonds. The molecular weight excluding hydrogens is 495 g/mol. The standard InChI is InChI=1S/C21H32N6O2.HI/c1-4-22-20(25(2)16-17-9-11-18(29-3)12-10-17)23-13-7-15-27-21(28)26-14-6-5-8-19(26)24-27;/h9-12H,4-8,13-16H2,1-3H3,(H,22,23);1H. The SMILES string of the molecule is CCNC(=NCCCn1nc2n(c1=O)CCCC2)N(C)Cc1ccc(OC)cc1.I. The van der Waals surface area contributed by atoms with Crippen molar-refractivity contribution in [1.82, 2.24) is 24.6 Å². The molecule has 1 aliphatic heterocycles. The van der Waals surface area contributed by atoms with Gasteiger partial charge in [0, 0.05) is 46.2 Å². The van der Waals surface area contributed by atoms with Gasteiger partial charge in [0.25, 0.3) is 0 Å². The minimum atomic E-state index is 0. The number of nitrogens with one attached hydrogen (secondary N) is 1. The Bertz CT molecular complexity index is 875. The van der Waals surface area contributed by atoms with Crippen LogP contribution in [0, 0.1) is 0 Å². The molecule has 1 aliphatic rings. The number of aromatic nitrogens is 3. The van der Waals surface area contributed by atoms with Crippen LogP contribution in [-0.2, 0) is 26.1 Å². The largest absolute Gasteiger partial charge is 0.497 e. The first kappa shape index (κ1) is 24.2. The molecule has 1 N–H and O–H groups in total. The number of fused-ring (bicyclic) bond motifs is 1. The van der Waals surface area contributed by atoms with Crippen molar-refractivity contribution in [3.63, 3.8) is 0 Å². The first-order chi connectivity index (χ1) is 14.1. The number of halogens is 1. The summed E-state index contributed by atoms with van der Waals surface area (Å²) >= 11 is 0. The van der Waals surface area contributed by atoms with Gasteiger partial charge in [-0.2, -0.15) is 5.10 Å². The van der Waals surface area contributed by atoms with Crippen molar-refractivity contribution in [3.05, 3.63) is 46.1 Å². The second kappa shape index (κ2) is 12.0. The second-order valence-electron chi connectivity index (χ2n) is 7.32. The molecule has 1 aromatic heterocycles. The van der Waals surface area contributed by atoms with Crippen LogP contribution in [0.2, 0.25) is 0 Å². The lowest BCUT2D eigenvalue weighted by atomic mass is 10.2. The molecule has 0 fully saturated rings. The van der Waals surface area contributed by atoms with E-state index < -0.39 is 0 Å². The molecule has 3 rings (SSSR count). The highest BCUT2D eigenvalue weighted by Crippen LogP contribution is 2.13. The summed E-state index contributed by atoms with van der Waals surface area (Å²) in [5, 5.41) is 7.83. The van der Waals surface area contributed by atoms with Crippen LogP contribution in [0.4, 0.5) is 0 Å². The number of rotatable bonds is 8. The third kappa shape index (κ3) is 6.23. The van der Waals surface area contributed by atoms with Gasteiger partial charge < -0.3 is 15.0 Å². The zero-order chi connectivity index (χ0) is 20.6. The van der Waals surface area contributed by atoms with Gasteiger partial charge in [0.15, 0.2) is 5.96 Å². The summed E-state index contributed by atoms with van der Waals surface area (Å²) in [5.41, 5.74) is 1.21. The average molecular weight is 528 g/mol. The minimum Gasteiger partial charge on any atom is -0.497 e. The van der Waals surface area contributed by atoms with E-state index in [-0.39, 0.29) is 29.7 Å². The van der Waals surface area contributed by atoms with Crippen molar-refractivity contribution < 1.29 is 4.74 Å². The van der Waals surface area contributed by atoms with E-state index in [1.165, 1.54) is 5.56 Å². The first-order valence-corrected chi connectivity index (χ1v) is 10.4. The molecule has 0 unspecified atom stereocenters. The van der Waals surface area contributed by atoms with Gasteiger partial charge in [-0.25, -0.2) is 9.48 Å². The smallest absolute Gasteiger partial charge is 0.345 e. The molecule has 30 heavy (non-hydrogen) atoms. The molecule has 166 valence electrons. The zero-order valence-corrected chi connectivity index (χ0v) is 20.5. The molecule has 0 saturated carbocycles. The average Bonchev–Trinajstić information content (AvgIpc) is 3.06. The summed E-state index contributed by atoms with van der Waals surface area (Å²) in [6.45, 7) is 5.66. The maximum Gasteiger partial charge on any atom is 0.345 e. The van der Waals surface area contributed by atoms with Gasteiger partial charge in [-0.1, -0.05) is 12.1 Å². The predicted molar refractivity (Wildman–Crippen MR) is 130 cm³/mol. The Morgan fingerprint density at radius 2 is 2.07 bits per heavy atom. The van der Waals surface area contributed by atoms with Crippen molar-refractivity contribution in [2.45, 2.75) is 52.2 Å². The number of benzene rings is 1. The quantitative estimate of drug-likeness (QED) is 0.247. The lowest BCUT2D eigenvalue weighted by molar-refractivity contribution is 0.414. The molecule has 0 spiro atoms. The molecule has 0 aliphatic carbocycles. The highest BCUT2D eigenvalue weighted by molar-refractivity contribution is 14.0. The van der Waals surface area contributed by atoms with E-state index in [1.54, 1.807) is 11.8 Å². The van der Waals surface area contributed by atoms with Crippen molar-refractivity contribution in [2.75, 3.05) is 27.2 Å². The Morgan fingerprint density at radius 1 is 1.30 bits per heavy atom. The van der Waals surface area contributed by atoms with Crippen LogP contribution in [0.3, 0.4) is 0 Å². The normalized spacial score (nSPS) is 13.4. The van der Waals surface area contributed by atoms with E-state index in [9.17, 15) is 4.79 Å². The molecule has 9 heteroatoms. The summed E-state index contributed by atoms with van der Waals surface area (Å²) < 4.78 is 8.64. The van der Waals surface area contributed by atoms with Gasteiger partial charge in [0.1, 0.15) is 11.6 Å². The monoisotopic (exact) mass is 528 g/mol. The fourth-order valence-electron chi connectivity index (χ4n) is 3.55. The fraction of sp³-hybridized carbons (Fsp3) is 0.571. The predicted octanol–water partition coefficient (Wildman–Crippen LogP) is 2.50. The van der Waals surface area contributed by atoms with E-state index in [0.29, 0.717) is 13.1 Å². The van der Waals surface area contributed by atoms with E-state index in [1.807, 2.05) is 23.7 Å². The zero-order valence-electron chi connectivity index (χ0n) is 18.1. The third-order valence-corrected chi connectivity index (χ3v) is 5.10.